The Bertz CT molecular complexity index is 261. The Labute approximate surface area is 69.8 Å². The van der Waals surface area contributed by atoms with E-state index in [-0.39, 0.29) is 0 Å². The fraction of sp³-hybridized carbons (Fsp3) is 0.222. The molecule has 1 rings (SSSR count). The van der Waals surface area contributed by atoms with Gasteiger partial charge >= 0.3 is 0 Å². The number of nitrogens with zero attached hydrogens (tertiary/aromatic N) is 1. The lowest BCUT2D eigenvalue weighted by molar-refractivity contribution is 1.41. The molecule has 0 bridgehead atoms. The number of aliphatic imine (C=N–C) groups is 1. The second-order valence-corrected chi connectivity index (χ2v) is 3.10. The molecule has 1 aromatic carbocycles. The number of rotatable bonds is 1. The lowest BCUT2D eigenvalue weighted by atomic mass is 10.1. The lowest BCUT2D eigenvalue weighted by Gasteiger charge is -1.98. The maximum absolute atomic E-state index is 4.10. The maximum Gasteiger partial charge on any atom is 0.0386 e. The molecule has 1 nitrogen and oxygen atoms in total. The molecule has 0 amide bonds. The van der Waals surface area contributed by atoms with Gasteiger partial charge in [-0.3, -0.25) is 4.99 Å². The van der Waals surface area contributed by atoms with Crippen LogP contribution in [0.4, 0.5) is 0 Å². The molecule has 58 valence electrons. The van der Waals surface area contributed by atoms with E-state index in [4.69, 9.17) is 0 Å². The zero-order chi connectivity index (χ0) is 8.27. The molecule has 0 N–H and O–H groups in total. The van der Waals surface area contributed by atoms with Crippen molar-refractivity contribution in [2.75, 3.05) is 7.05 Å². The van der Waals surface area contributed by atoms with Gasteiger partial charge in [0.15, 0.2) is 0 Å². The summed E-state index contributed by atoms with van der Waals surface area (Å²) in [5.41, 5.74) is 2.27. The summed E-state index contributed by atoms with van der Waals surface area (Å²) in [5.74, 6) is 0. The van der Waals surface area contributed by atoms with Gasteiger partial charge in [-0.05, 0) is 17.8 Å². The third kappa shape index (κ3) is 2.13. The quantitative estimate of drug-likeness (QED) is 0.443. The molecule has 2 heteroatoms. The predicted octanol–water partition coefficient (Wildman–Crippen LogP) is 1.63. The minimum atomic E-state index is 1.08. The summed E-state index contributed by atoms with van der Waals surface area (Å²) in [4.78, 5) is 4.10. The fourth-order valence-corrected chi connectivity index (χ4v) is 1.05. The second-order valence-electron chi connectivity index (χ2n) is 2.43. The third-order valence-corrected chi connectivity index (χ3v) is 2.05. The van der Waals surface area contributed by atoms with E-state index >= 15 is 0 Å². The van der Waals surface area contributed by atoms with Crippen LogP contribution in [0.3, 0.4) is 0 Å². The Morgan fingerprint density at radius 3 is 2.27 bits per heavy atom. The molecular weight excluding hydrogens is 153 g/mol. The van der Waals surface area contributed by atoms with Crippen molar-refractivity contribution in [2.45, 2.75) is 6.92 Å². The van der Waals surface area contributed by atoms with Crippen LogP contribution in [0.15, 0.2) is 29.3 Å². The van der Waals surface area contributed by atoms with Crippen LogP contribution in [-0.2, 0) is 0 Å². The smallest absolute Gasteiger partial charge is 0.0386 e. The first-order valence-corrected chi connectivity index (χ1v) is 4.11. The molecule has 1 atom stereocenters. The summed E-state index contributed by atoms with van der Waals surface area (Å²) in [6.45, 7) is 2.01. The van der Waals surface area contributed by atoms with E-state index < -0.39 is 0 Å². The minimum absolute atomic E-state index is 1.08. The topological polar surface area (TPSA) is 12.4 Å². The minimum Gasteiger partial charge on any atom is -0.293 e. The molecule has 0 aliphatic heterocycles. The van der Waals surface area contributed by atoms with Crippen molar-refractivity contribution in [2.24, 2.45) is 4.99 Å². The highest BCUT2D eigenvalue weighted by Gasteiger charge is 1.93. The Balaban J connectivity index is 2.99. The molecule has 0 saturated carbocycles. The highest BCUT2D eigenvalue weighted by molar-refractivity contribution is 7.27. The Hall–Kier alpha value is -0.680. The van der Waals surface area contributed by atoms with Crippen LogP contribution in [0.2, 0.25) is 0 Å². The number of hydrogen-bond donors (Lipinski definition) is 0. The third-order valence-electron chi connectivity index (χ3n) is 1.66. The van der Waals surface area contributed by atoms with E-state index in [0.29, 0.717) is 0 Å². The standard InChI is InChI=1S/C9H12NP/c1-7(10-2)8-3-5-9(11)6-4-8/h3-6H,11H2,1-2H3. The van der Waals surface area contributed by atoms with Gasteiger partial charge in [0, 0.05) is 12.8 Å². The van der Waals surface area contributed by atoms with E-state index in [0.717, 1.165) is 5.71 Å². The van der Waals surface area contributed by atoms with Crippen LogP contribution < -0.4 is 5.30 Å². The van der Waals surface area contributed by atoms with Crippen molar-refractivity contribution >= 4 is 20.3 Å². The van der Waals surface area contributed by atoms with Crippen LogP contribution in [0.5, 0.6) is 0 Å². The van der Waals surface area contributed by atoms with Crippen LogP contribution in [0, 0.1) is 0 Å². The van der Waals surface area contributed by atoms with Gasteiger partial charge in [-0.25, -0.2) is 0 Å². The molecule has 1 unspecified atom stereocenters. The SMILES string of the molecule is CN=C(C)c1ccc(P)cc1. The molecule has 1 aromatic rings. The molecule has 0 fully saturated rings. The Morgan fingerprint density at radius 2 is 1.82 bits per heavy atom. The first kappa shape index (κ1) is 8.42. The molecule has 0 aliphatic carbocycles. The van der Waals surface area contributed by atoms with Gasteiger partial charge in [0.1, 0.15) is 0 Å². The van der Waals surface area contributed by atoms with Gasteiger partial charge in [0.25, 0.3) is 0 Å². The highest BCUT2D eigenvalue weighted by atomic mass is 31.0. The van der Waals surface area contributed by atoms with Gasteiger partial charge in [0.2, 0.25) is 0 Å². The fourth-order valence-electron chi connectivity index (χ4n) is 0.853. The van der Waals surface area contributed by atoms with Gasteiger partial charge in [-0.2, -0.15) is 0 Å². The second kappa shape index (κ2) is 3.64. The highest BCUT2D eigenvalue weighted by Crippen LogP contribution is 2.00. The van der Waals surface area contributed by atoms with E-state index in [1.807, 2.05) is 14.0 Å². The molecule has 0 heterocycles. The molecule has 0 aromatic heterocycles. The average molecular weight is 165 g/mol. The van der Waals surface area contributed by atoms with E-state index in [1.54, 1.807) is 0 Å². The van der Waals surface area contributed by atoms with Crippen LogP contribution in [0.1, 0.15) is 12.5 Å². The molecule has 11 heavy (non-hydrogen) atoms. The first-order valence-electron chi connectivity index (χ1n) is 3.53. The number of hydrogen-bond acceptors (Lipinski definition) is 1. The van der Waals surface area contributed by atoms with E-state index in [2.05, 4.69) is 38.5 Å². The Morgan fingerprint density at radius 1 is 1.27 bits per heavy atom. The molecule has 0 aliphatic rings. The van der Waals surface area contributed by atoms with E-state index in [9.17, 15) is 0 Å². The van der Waals surface area contributed by atoms with Gasteiger partial charge in [0.05, 0.1) is 0 Å². The summed E-state index contributed by atoms with van der Waals surface area (Å²) in [6.07, 6.45) is 0. The summed E-state index contributed by atoms with van der Waals surface area (Å²) in [7, 11) is 4.47. The summed E-state index contributed by atoms with van der Waals surface area (Å²) >= 11 is 0. The van der Waals surface area contributed by atoms with Crippen molar-refractivity contribution in [1.29, 1.82) is 0 Å². The van der Waals surface area contributed by atoms with Crippen LogP contribution in [-0.4, -0.2) is 12.8 Å². The van der Waals surface area contributed by atoms with Crippen molar-refractivity contribution in [3.63, 3.8) is 0 Å². The summed E-state index contributed by atoms with van der Waals surface area (Å²) in [6, 6.07) is 8.28. The van der Waals surface area contributed by atoms with Crippen molar-refractivity contribution in [1.82, 2.24) is 0 Å². The molecular formula is C9H12NP. The van der Waals surface area contributed by atoms with Crippen molar-refractivity contribution in [3.8, 4) is 0 Å². The zero-order valence-electron chi connectivity index (χ0n) is 6.83. The van der Waals surface area contributed by atoms with Gasteiger partial charge < -0.3 is 0 Å². The molecule has 0 saturated heterocycles. The van der Waals surface area contributed by atoms with Crippen LogP contribution in [0.25, 0.3) is 0 Å². The van der Waals surface area contributed by atoms with E-state index in [1.165, 1.54) is 10.9 Å². The van der Waals surface area contributed by atoms with Crippen molar-refractivity contribution < 1.29 is 0 Å². The lowest BCUT2D eigenvalue weighted by Crippen LogP contribution is -1.96. The monoisotopic (exact) mass is 165 g/mol. The van der Waals surface area contributed by atoms with Gasteiger partial charge in [-0.1, -0.05) is 24.3 Å². The first-order chi connectivity index (χ1) is 5.24. The summed E-state index contributed by atoms with van der Waals surface area (Å²) < 4.78 is 0. The van der Waals surface area contributed by atoms with Crippen LogP contribution >= 0.6 is 9.24 Å². The Kier molecular flexibility index (Phi) is 2.78. The predicted molar refractivity (Wildman–Crippen MR) is 53.9 cm³/mol. The average Bonchev–Trinajstić information content (AvgIpc) is 2.05. The van der Waals surface area contributed by atoms with Gasteiger partial charge in [-0.15, -0.1) is 9.24 Å². The molecule has 0 radical (unpaired) electrons. The normalized spacial score (nSPS) is 11.7. The zero-order valence-corrected chi connectivity index (χ0v) is 7.99. The maximum atomic E-state index is 4.10. The number of benzene rings is 1. The van der Waals surface area contributed by atoms with Crippen molar-refractivity contribution in [3.05, 3.63) is 29.8 Å². The largest absolute Gasteiger partial charge is 0.293 e. The molecule has 0 spiro atoms. The summed E-state index contributed by atoms with van der Waals surface area (Å²) in [5, 5.41) is 1.21.